The maximum atomic E-state index is 11.2. The largest absolute Gasteiger partial charge is 0.478 e. The van der Waals surface area contributed by atoms with Crippen LogP contribution in [0.4, 0.5) is 5.13 Å². The first-order chi connectivity index (χ1) is 8.75. The molecular formula is C13H12N2O2S. The van der Waals surface area contributed by atoms with E-state index in [9.17, 15) is 4.79 Å². The molecular weight excluding hydrogens is 248 g/mol. The Morgan fingerprint density at radius 2 is 2.33 bits per heavy atom. The first-order valence-corrected chi connectivity index (χ1v) is 6.62. The molecule has 2 aromatic rings. The smallest absolute Gasteiger partial charge is 0.335 e. The third kappa shape index (κ3) is 1.86. The number of aromatic nitrogens is 1. The molecule has 1 aromatic carbocycles. The van der Waals surface area contributed by atoms with Crippen molar-refractivity contribution < 1.29 is 9.90 Å². The minimum absolute atomic E-state index is 0.436. The van der Waals surface area contributed by atoms with Gasteiger partial charge in [0.05, 0.1) is 5.56 Å². The Morgan fingerprint density at radius 1 is 1.44 bits per heavy atom. The zero-order chi connectivity index (χ0) is 12.5. The number of hydrogen-bond acceptors (Lipinski definition) is 4. The normalized spacial score (nSPS) is 14.3. The average molecular weight is 260 g/mol. The second-order valence-corrected chi connectivity index (χ2v) is 5.11. The monoisotopic (exact) mass is 260 g/mol. The molecule has 0 aliphatic carbocycles. The van der Waals surface area contributed by atoms with Crippen molar-refractivity contribution in [3.8, 4) is 0 Å². The minimum Gasteiger partial charge on any atom is -0.478 e. The summed E-state index contributed by atoms with van der Waals surface area (Å²) in [6.45, 7) is 1.56. The molecule has 1 N–H and O–H groups in total. The Balaban J connectivity index is 1.94. The van der Waals surface area contributed by atoms with Gasteiger partial charge in [-0.05, 0) is 23.6 Å². The number of aromatic carboxylic acids is 1. The molecule has 0 atom stereocenters. The van der Waals surface area contributed by atoms with Gasteiger partial charge in [-0.15, -0.1) is 11.3 Å². The fourth-order valence-electron chi connectivity index (χ4n) is 2.35. The van der Waals surface area contributed by atoms with Gasteiger partial charge < -0.3 is 10.0 Å². The quantitative estimate of drug-likeness (QED) is 0.901. The van der Waals surface area contributed by atoms with E-state index in [4.69, 9.17) is 5.11 Å². The molecule has 92 valence electrons. The highest BCUT2D eigenvalue weighted by Gasteiger charge is 2.22. The number of rotatable bonds is 2. The van der Waals surface area contributed by atoms with Crippen LogP contribution in [0.5, 0.6) is 0 Å². The van der Waals surface area contributed by atoms with Crippen molar-refractivity contribution in [3.05, 3.63) is 46.5 Å². The van der Waals surface area contributed by atoms with E-state index >= 15 is 0 Å². The standard InChI is InChI=1S/C13H12N2O2S/c16-12(17)11-3-1-2-9-8-15(6-4-10(9)11)13-14-5-7-18-13/h1-3,5,7H,4,6,8H2,(H,16,17). The van der Waals surface area contributed by atoms with Gasteiger partial charge in [-0.25, -0.2) is 9.78 Å². The number of carbonyl (C=O) groups is 1. The Hall–Kier alpha value is -1.88. The van der Waals surface area contributed by atoms with Gasteiger partial charge in [-0.2, -0.15) is 0 Å². The molecule has 1 aliphatic heterocycles. The van der Waals surface area contributed by atoms with Gasteiger partial charge in [0.25, 0.3) is 0 Å². The summed E-state index contributed by atoms with van der Waals surface area (Å²) in [6.07, 6.45) is 2.56. The number of thiazole rings is 1. The summed E-state index contributed by atoms with van der Waals surface area (Å²) in [6, 6.07) is 5.50. The second-order valence-electron chi connectivity index (χ2n) is 4.23. The summed E-state index contributed by atoms with van der Waals surface area (Å²) in [5.41, 5.74) is 2.50. The van der Waals surface area contributed by atoms with E-state index in [2.05, 4.69) is 9.88 Å². The Labute approximate surface area is 109 Å². The maximum Gasteiger partial charge on any atom is 0.335 e. The number of carboxylic acid groups (broad SMARTS) is 1. The van der Waals surface area contributed by atoms with E-state index in [1.807, 2.05) is 17.5 Å². The molecule has 0 fully saturated rings. The van der Waals surface area contributed by atoms with E-state index in [1.165, 1.54) is 0 Å². The Kier molecular flexibility index (Phi) is 2.76. The van der Waals surface area contributed by atoms with Crippen LogP contribution in [0.1, 0.15) is 21.5 Å². The van der Waals surface area contributed by atoms with E-state index < -0.39 is 5.97 Å². The van der Waals surface area contributed by atoms with Crippen LogP contribution in [0.2, 0.25) is 0 Å². The predicted octanol–water partition coefficient (Wildman–Crippen LogP) is 2.40. The lowest BCUT2D eigenvalue weighted by Crippen LogP contribution is -2.31. The van der Waals surface area contributed by atoms with E-state index in [0.717, 1.165) is 35.8 Å². The first kappa shape index (κ1) is 11.2. The molecule has 18 heavy (non-hydrogen) atoms. The first-order valence-electron chi connectivity index (χ1n) is 5.74. The van der Waals surface area contributed by atoms with Crippen LogP contribution in [0.15, 0.2) is 29.8 Å². The van der Waals surface area contributed by atoms with Crippen molar-refractivity contribution in [2.45, 2.75) is 13.0 Å². The number of anilines is 1. The highest BCUT2D eigenvalue weighted by molar-refractivity contribution is 7.13. The van der Waals surface area contributed by atoms with Crippen molar-refractivity contribution in [1.82, 2.24) is 4.98 Å². The molecule has 5 heteroatoms. The average Bonchev–Trinajstić information content (AvgIpc) is 2.91. The number of hydrogen-bond donors (Lipinski definition) is 1. The van der Waals surface area contributed by atoms with Crippen LogP contribution in [0, 0.1) is 0 Å². The van der Waals surface area contributed by atoms with Crippen LogP contribution in [-0.4, -0.2) is 22.6 Å². The lowest BCUT2D eigenvalue weighted by Gasteiger charge is -2.29. The van der Waals surface area contributed by atoms with Crippen LogP contribution in [0.3, 0.4) is 0 Å². The molecule has 1 aromatic heterocycles. The third-order valence-electron chi connectivity index (χ3n) is 3.19. The van der Waals surface area contributed by atoms with Crippen LogP contribution in [-0.2, 0) is 13.0 Å². The molecule has 0 amide bonds. The van der Waals surface area contributed by atoms with E-state index in [0.29, 0.717) is 5.56 Å². The molecule has 0 saturated carbocycles. The van der Waals surface area contributed by atoms with Crippen molar-refractivity contribution in [2.24, 2.45) is 0 Å². The summed E-state index contributed by atoms with van der Waals surface area (Å²) >= 11 is 1.61. The van der Waals surface area contributed by atoms with Crippen LogP contribution in [0.25, 0.3) is 0 Å². The van der Waals surface area contributed by atoms with Crippen LogP contribution < -0.4 is 4.90 Å². The number of fused-ring (bicyclic) bond motifs is 1. The lowest BCUT2D eigenvalue weighted by molar-refractivity contribution is 0.0695. The summed E-state index contributed by atoms with van der Waals surface area (Å²) < 4.78 is 0. The summed E-state index contributed by atoms with van der Waals surface area (Å²) in [5.74, 6) is -0.838. The van der Waals surface area contributed by atoms with E-state index in [1.54, 1.807) is 23.6 Å². The molecule has 3 rings (SSSR count). The molecule has 0 saturated heterocycles. The molecule has 4 nitrogen and oxygen atoms in total. The number of carboxylic acids is 1. The summed E-state index contributed by atoms with van der Waals surface area (Å²) in [7, 11) is 0. The van der Waals surface area contributed by atoms with Crippen LogP contribution >= 0.6 is 11.3 Å². The van der Waals surface area contributed by atoms with Crippen molar-refractivity contribution in [2.75, 3.05) is 11.4 Å². The van der Waals surface area contributed by atoms with Gasteiger partial charge in [0, 0.05) is 24.7 Å². The molecule has 0 radical (unpaired) electrons. The van der Waals surface area contributed by atoms with Gasteiger partial charge in [0.15, 0.2) is 5.13 Å². The molecule has 0 spiro atoms. The molecule has 2 heterocycles. The Morgan fingerprint density at radius 3 is 3.06 bits per heavy atom. The topological polar surface area (TPSA) is 53.4 Å². The fourth-order valence-corrected chi connectivity index (χ4v) is 3.02. The summed E-state index contributed by atoms with van der Waals surface area (Å²) in [4.78, 5) is 17.7. The minimum atomic E-state index is -0.838. The second kappa shape index (κ2) is 4.42. The van der Waals surface area contributed by atoms with Gasteiger partial charge in [0.1, 0.15) is 0 Å². The lowest BCUT2D eigenvalue weighted by atomic mass is 9.95. The summed E-state index contributed by atoms with van der Waals surface area (Å²) in [5, 5.41) is 12.1. The predicted molar refractivity (Wildman–Crippen MR) is 70.3 cm³/mol. The van der Waals surface area contributed by atoms with Crippen molar-refractivity contribution in [1.29, 1.82) is 0 Å². The van der Waals surface area contributed by atoms with Crippen molar-refractivity contribution in [3.63, 3.8) is 0 Å². The van der Waals surface area contributed by atoms with Gasteiger partial charge >= 0.3 is 5.97 Å². The third-order valence-corrected chi connectivity index (χ3v) is 4.02. The zero-order valence-electron chi connectivity index (χ0n) is 9.67. The van der Waals surface area contributed by atoms with Gasteiger partial charge in [0.2, 0.25) is 0 Å². The van der Waals surface area contributed by atoms with Crippen molar-refractivity contribution >= 4 is 22.4 Å². The Bertz CT molecular complexity index is 581. The molecule has 0 bridgehead atoms. The van der Waals surface area contributed by atoms with Gasteiger partial charge in [-0.3, -0.25) is 0 Å². The number of nitrogens with zero attached hydrogens (tertiary/aromatic N) is 2. The SMILES string of the molecule is O=C(O)c1cccc2c1CCN(c1nccs1)C2. The highest BCUT2D eigenvalue weighted by Crippen LogP contribution is 2.27. The number of benzene rings is 1. The molecule has 0 unspecified atom stereocenters. The van der Waals surface area contributed by atoms with Gasteiger partial charge in [-0.1, -0.05) is 12.1 Å². The fraction of sp³-hybridized carbons (Fsp3) is 0.231. The molecule has 1 aliphatic rings. The van der Waals surface area contributed by atoms with E-state index in [-0.39, 0.29) is 0 Å². The zero-order valence-corrected chi connectivity index (χ0v) is 10.5. The highest BCUT2D eigenvalue weighted by atomic mass is 32.1. The maximum absolute atomic E-state index is 11.2.